The molecule has 1 atom stereocenters. The molecule has 0 amide bonds. The standard InChI is InChI=1S/C26H27ClO5/c1-7-17-8-9-19(18-10-12-20(27)13-11-18)14-21(17)22-23(31-25(29)16(3)30-6)15(2)32-26(4,5)24(22)28/h8-14,16H,2,7H2,1,3-6H3. The van der Waals surface area contributed by atoms with E-state index in [4.69, 9.17) is 25.8 Å². The number of rotatable bonds is 6. The summed E-state index contributed by atoms with van der Waals surface area (Å²) in [6.07, 6.45) is -0.135. The number of benzene rings is 2. The van der Waals surface area contributed by atoms with Crippen molar-refractivity contribution in [1.82, 2.24) is 0 Å². The second-order valence-electron chi connectivity index (χ2n) is 8.10. The number of carbonyl (C=O) groups is 2. The van der Waals surface area contributed by atoms with Crippen molar-refractivity contribution in [3.05, 3.63) is 76.7 Å². The van der Waals surface area contributed by atoms with Gasteiger partial charge in [0.05, 0.1) is 5.57 Å². The minimum Gasteiger partial charge on any atom is -0.476 e. The predicted octanol–water partition coefficient (Wildman–Crippen LogP) is 5.75. The molecule has 0 spiro atoms. The molecule has 1 aliphatic heterocycles. The van der Waals surface area contributed by atoms with Gasteiger partial charge in [-0.15, -0.1) is 0 Å². The number of aryl methyl sites for hydroxylation is 1. The number of esters is 1. The smallest absolute Gasteiger partial charge is 0.340 e. The summed E-state index contributed by atoms with van der Waals surface area (Å²) in [7, 11) is 1.41. The van der Waals surface area contributed by atoms with E-state index in [2.05, 4.69) is 6.58 Å². The predicted molar refractivity (Wildman–Crippen MR) is 125 cm³/mol. The molecule has 0 saturated heterocycles. The fraction of sp³-hybridized carbons (Fsp3) is 0.308. The summed E-state index contributed by atoms with van der Waals surface area (Å²) in [4.78, 5) is 26.0. The van der Waals surface area contributed by atoms with Crippen LogP contribution in [0.25, 0.3) is 16.7 Å². The Labute approximate surface area is 193 Å². The van der Waals surface area contributed by atoms with E-state index in [9.17, 15) is 9.59 Å². The maximum Gasteiger partial charge on any atom is 0.340 e. The first kappa shape index (κ1) is 23.8. The zero-order valence-corrected chi connectivity index (χ0v) is 19.7. The summed E-state index contributed by atoms with van der Waals surface area (Å²) in [5.74, 6) is -0.781. The monoisotopic (exact) mass is 454 g/mol. The summed E-state index contributed by atoms with van der Waals surface area (Å²) in [5.41, 5.74) is 2.58. The molecule has 2 aromatic rings. The minimum atomic E-state index is -1.16. The van der Waals surface area contributed by atoms with Gasteiger partial charge in [-0.1, -0.05) is 49.4 Å². The minimum absolute atomic E-state index is 0.0196. The molecule has 32 heavy (non-hydrogen) atoms. The van der Waals surface area contributed by atoms with Crippen LogP contribution in [-0.4, -0.2) is 30.6 Å². The number of methoxy groups -OCH3 is 1. The quantitative estimate of drug-likeness (QED) is 0.520. The maximum absolute atomic E-state index is 13.5. The van der Waals surface area contributed by atoms with Crippen LogP contribution in [0.2, 0.25) is 5.02 Å². The molecule has 3 rings (SSSR count). The van der Waals surface area contributed by atoms with Crippen molar-refractivity contribution < 1.29 is 23.8 Å². The van der Waals surface area contributed by atoms with Crippen molar-refractivity contribution in [3.63, 3.8) is 0 Å². The van der Waals surface area contributed by atoms with Gasteiger partial charge in [0, 0.05) is 12.1 Å². The molecule has 1 heterocycles. The van der Waals surface area contributed by atoms with E-state index in [1.54, 1.807) is 20.8 Å². The number of halogens is 1. The normalized spacial score (nSPS) is 16.6. The van der Waals surface area contributed by atoms with Gasteiger partial charge in [0.15, 0.2) is 23.2 Å². The van der Waals surface area contributed by atoms with Gasteiger partial charge >= 0.3 is 5.97 Å². The van der Waals surface area contributed by atoms with Crippen molar-refractivity contribution in [2.75, 3.05) is 7.11 Å². The number of hydrogen-bond acceptors (Lipinski definition) is 5. The lowest BCUT2D eigenvalue weighted by molar-refractivity contribution is -0.151. The van der Waals surface area contributed by atoms with Crippen LogP contribution < -0.4 is 0 Å². The van der Waals surface area contributed by atoms with Crippen LogP contribution in [0.3, 0.4) is 0 Å². The van der Waals surface area contributed by atoms with Crippen molar-refractivity contribution in [2.24, 2.45) is 0 Å². The first-order valence-corrected chi connectivity index (χ1v) is 10.8. The summed E-state index contributed by atoms with van der Waals surface area (Å²) in [6, 6.07) is 13.4. The van der Waals surface area contributed by atoms with E-state index in [0.29, 0.717) is 17.0 Å². The highest BCUT2D eigenvalue weighted by Crippen LogP contribution is 2.40. The zero-order valence-electron chi connectivity index (χ0n) is 19.0. The lowest BCUT2D eigenvalue weighted by atomic mass is 9.84. The molecule has 1 unspecified atom stereocenters. The van der Waals surface area contributed by atoms with Gasteiger partial charge in [-0.2, -0.15) is 0 Å². The van der Waals surface area contributed by atoms with Gasteiger partial charge < -0.3 is 14.2 Å². The Morgan fingerprint density at radius 2 is 1.78 bits per heavy atom. The van der Waals surface area contributed by atoms with Gasteiger partial charge in [-0.25, -0.2) is 4.79 Å². The summed E-state index contributed by atoms with van der Waals surface area (Å²) in [5, 5.41) is 0.640. The lowest BCUT2D eigenvalue weighted by Crippen LogP contribution is -2.40. The van der Waals surface area contributed by atoms with Gasteiger partial charge in [-0.05, 0) is 67.6 Å². The van der Waals surface area contributed by atoms with E-state index in [1.807, 2.05) is 49.4 Å². The molecule has 0 N–H and O–H groups in total. The Bertz CT molecular complexity index is 1100. The highest BCUT2D eigenvalue weighted by atomic mass is 35.5. The van der Waals surface area contributed by atoms with Crippen LogP contribution in [0.1, 0.15) is 38.8 Å². The van der Waals surface area contributed by atoms with Crippen LogP contribution in [-0.2, 0) is 30.2 Å². The number of ketones is 1. The van der Waals surface area contributed by atoms with Crippen LogP contribution in [0.4, 0.5) is 0 Å². The number of hydrogen-bond donors (Lipinski definition) is 0. The molecular formula is C26H27ClO5. The third-order valence-electron chi connectivity index (χ3n) is 5.46. The highest BCUT2D eigenvalue weighted by Gasteiger charge is 2.43. The Hall–Kier alpha value is -2.89. The fourth-order valence-electron chi connectivity index (χ4n) is 3.52. The topological polar surface area (TPSA) is 61.8 Å². The molecule has 0 aliphatic carbocycles. The summed E-state index contributed by atoms with van der Waals surface area (Å²) >= 11 is 6.04. The van der Waals surface area contributed by atoms with Gasteiger partial charge in [-0.3, -0.25) is 4.79 Å². The van der Waals surface area contributed by atoms with Crippen LogP contribution in [0, 0.1) is 0 Å². The molecule has 5 nitrogen and oxygen atoms in total. The van der Waals surface area contributed by atoms with E-state index >= 15 is 0 Å². The first-order valence-electron chi connectivity index (χ1n) is 10.4. The molecule has 0 saturated carbocycles. The first-order chi connectivity index (χ1) is 15.1. The van der Waals surface area contributed by atoms with Crippen molar-refractivity contribution in [3.8, 4) is 11.1 Å². The van der Waals surface area contributed by atoms with Gasteiger partial charge in [0.1, 0.15) is 0 Å². The second kappa shape index (κ2) is 9.31. The van der Waals surface area contributed by atoms with E-state index in [1.165, 1.54) is 7.11 Å². The molecule has 0 fully saturated rings. The molecule has 6 heteroatoms. The van der Waals surface area contributed by atoms with Crippen LogP contribution >= 0.6 is 11.6 Å². The Balaban J connectivity index is 2.24. The van der Waals surface area contributed by atoms with E-state index in [0.717, 1.165) is 16.7 Å². The average molecular weight is 455 g/mol. The lowest BCUT2D eigenvalue weighted by Gasteiger charge is -2.34. The number of carbonyl (C=O) groups excluding carboxylic acids is 2. The van der Waals surface area contributed by atoms with Crippen molar-refractivity contribution in [2.45, 2.75) is 45.8 Å². The molecule has 0 radical (unpaired) electrons. The van der Waals surface area contributed by atoms with E-state index in [-0.39, 0.29) is 22.9 Å². The SMILES string of the molecule is C=C1OC(C)(C)C(=O)C(c2cc(-c3ccc(Cl)cc3)ccc2CC)=C1OC(=O)C(C)OC. The molecule has 2 aromatic carbocycles. The van der Waals surface area contributed by atoms with Crippen LogP contribution in [0.5, 0.6) is 0 Å². The largest absolute Gasteiger partial charge is 0.476 e. The average Bonchev–Trinajstić information content (AvgIpc) is 2.77. The van der Waals surface area contributed by atoms with E-state index < -0.39 is 17.7 Å². The molecule has 1 aliphatic rings. The van der Waals surface area contributed by atoms with Gasteiger partial charge in [0.2, 0.25) is 5.78 Å². The molecule has 168 valence electrons. The third-order valence-corrected chi connectivity index (χ3v) is 5.71. The fourth-order valence-corrected chi connectivity index (χ4v) is 3.64. The summed E-state index contributed by atoms with van der Waals surface area (Å²) < 4.78 is 16.4. The van der Waals surface area contributed by atoms with Crippen molar-refractivity contribution in [1.29, 1.82) is 0 Å². The van der Waals surface area contributed by atoms with Crippen LogP contribution in [0.15, 0.2) is 60.6 Å². The second-order valence-corrected chi connectivity index (χ2v) is 8.54. The van der Waals surface area contributed by atoms with Crippen molar-refractivity contribution >= 4 is 28.9 Å². The molecule has 0 aromatic heterocycles. The van der Waals surface area contributed by atoms with Gasteiger partial charge in [0.25, 0.3) is 0 Å². The highest BCUT2D eigenvalue weighted by molar-refractivity contribution is 6.30. The Morgan fingerprint density at radius 1 is 1.16 bits per heavy atom. The molecular weight excluding hydrogens is 428 g/mol. The molecule has 0 bridgehead atoms. The summed E-state index contributed by atoms with van der Waals surface area (Å²) in [6.45, 7) is 10.8. The number of ether oxygens (including phenoxy) is 3. The number of Topliss-reactive ketones (excluding diaryl/α,β-unsaturated/α-hetero) is 1. The Morgan fingerprint density at radius 3 is 2.38 bits per heavy atom. The zero-order chi connectivity index (χ0) is 23.6. The Kier molecular flexibility index (Phi) is 6.91. The third kappa shape index (κ3) is 4.64. The maximum atomic E-state index is 13.5.